The molecule has 1 aromatic rings. The predicted molar refractivity (Wildman–Crippen MR) is 89.8 cm³/mol. The van der Waals surface area contributed by atoms with Crippen LogP contribution in [0.25, 0.3) is 0 Å². The number of hydrogen-bond acceptors (Lipinski definition) is 4. The lowest BCUT2D eigenvalue weighted by Crippen LogP contribution is -2.30. The van der Waals surface area contributed by atoms with E-state index in [4.69, 9.17) is 9.47 Å². The van der Waals surface area contributed by atoms with Crippen molar-refractivity contribution in [2.45, 2.75) is 13.3 Å². The van der Waals surface area contributed by atoms with Crippen LogP contribution in [0.3, 0.4) is 0 Å². The van der Waals surface area contributed by atoms with Crippen molar-refractivity contribution in [2.24, 2.45) is 5.92 Å². The smallest absolute Gasteiger partial charge is 0.254 e. The fraction of sp³-hybridized carbons (Fsp3) is 0.562. The Labute approximate surface area is 140 Å². The fourth-order valence-corrected chi connectivity index (χ4v) is 3.34. The molecule has 1 atom stereocenters. The lowest BCUT2D eigenvalue weighted by Gasteiger charge is -2.18. The van der Waals surface area contributed by atoms with Gasteiger partial charge in [-0.1, -0.05) is 0 Å². The van der Waals surface area contributed by atoms with Crippen molar-refractivity contribution < 1.29 is 14.3 Å². The van der Waals surface area contributed by atoms with Crippen LogP contribution >= 0.6 is 15.9 Å². The number of carbonyl (C=O) groups excluding carboxylic acids is 1. The van der Waals surface area contributed by atoms with Crippen LogP contribution in [0, 0.1) is 5.92 Å². The third kappa shape index (κ3) is 3.73. The molecule has 22 heavy (non-hydrogen) atoms. The van der Waals surface area contributed by atoms with Crippen LogP contribution in [0.2, 0.25) is 0 Å². The molecule has 1 fully saturated rings. The molecule has 1 aliphatic heterocycles. The molecule has 1 aliphatic rings. The largest absolute Gasteiger partial charge is 0.493 e. The molecule has 1 saturated heterocycles. The number of amides is 1. The Balaban J connectivity index is 2.18. The molecule has 6 heteroatoms. The van der Waals surface area contributed by atoms with Gasteiger partial charge in [0.2, 0.25) is 0 Å². The summed E-state index contributed by atoms with van der Waals surface area (Å²) in [6.45, 7) is 5.00. The van der Waals surface area contributed by atoms with Gasteiger partial charge in [0.05, 0.1) is 18.2 Å². The average molecular weight is 371 g/mol. The molecule has 0 aromatic heterocycles. The monoisotopic (exact) mass is 370 g/mol. The van der Waals surface area contributed by atoms with Gasteiger partial charge >= 0.3 is 0 Å². The highest BCUT2D eigenvalue weighted by Gasteiger charge is 2.27. The van der Waals surface area contributed by atoms with Gasteiger partial charge in [-0.3, -0.25) is 4.79 Å². The fourth-order valence-electron chi connectivity index (χ4n) is 2.78. The van der Waals surface area contributed by atoms with Crippen molar-refractivity contribution in [3.63, 3.8) is 0 Å². The second-order valence-corrected chi connectivity index (χ2v) is 6.24. The van der Waals surface area contributed by atoms with E-state index >= 15 is 0 Å². The van der Waals surface area contributed by atoms with Gasteiger partial charge in [-0.2, -0.15) is 0 Å². The highest BCUT2D eigenvalue weighted by atomic mass is 79.9. The Morgan fingerprint density at radius 1 is 1.50 bits per heavy atom. The van der Waals surface area contributed by atoms with Gasteiger partial charge < -0.3 is 19.7 Å². The van der Waals surface area contributed by atoms with E-state index in [-0.39, 0.29) is 5.91 Å². The van der Waals surface area contributed by atoms with E-state index in [1.54, 1.807) is 19.2 Å². The molecule has 0 aliphatic carbocycles. The SMILES string of the molecule is CCOc1c(Br)cc(C(=O)N2CCC(CNC)C2)cc1OC. The van der Waals surface area contributed by atoms with Crippen LogP contribution < -0.4 is 14.8 Å². The predicted octanol–water partition coefficient (Wildman–Crippen LogP) is 2.54. The number of hydrogen-bond donors (Lipinski definition) is 1. The second-order valence-electron chi connectivity index (χ2n) is 5.39. The van der Waals surface area contributed by atoms with Crippen LogP contribution in [0.15, 0.2) is 16.6 Å². The van der Waals surface area contributed by atoms with Crippen LogP contribution in [0.5, 0.6) is 11.5 Å². The van der Waals surface area contributed by atoms with Crippen molar-refractivity contribution in [2.75, 3.05) is 40.4 Å². The highest BCUT2D eigenvalue weighted by molar-refractivity contribution is 9.10. The summed E-state index contributed by atoms with van der Waals surface area (Å²) in [7, 11) is 3.52. The summed E-state index contributed by atoms with van der Waals surface area (Å²) in [5.41, 5.74) is 0.622. The number of methoxy groups -OCH3 is 1. The van der Waals surface area contributed by atoms with E-state index < -0.39 is 0 Å². The Kier molecular flexibility index (Phi) is 6.08. The van der Waals surface area contributed by atoms with E-state index in [0.717, 1.165) is 30.5 Å². The minimum atomic E-state index is 0.0423. The molecule has 1 amide bonds. The number of carbonyl (C=O) groups is 1. The summed E-state index contributed by atoms with van der Waals surface area (Å²) in [5, 5.41) is 3.18. The molecule has 1 heterocycles. The van der Waals surface area contributed by atoms with Gasteiger partial charge in [0, 0.05) is 18.7 Å². The van der Waals surface area contributed by atoms with E-state index in [1.165, 1.54) is 0 Å². The maximum absolute atomic E-state index is 12.7. The zero-order valence-electron chi connectivity index (χ0n) is 13.3. The van der Waals surface area contributed by atoms with Crippen LogP contribution in [-0.2, 0) is 0 Å². The third-order valence-electron chi connectivity index (χ3n) is 3.83. The molecule has 2 rings (SSSR count). The second kappa shape index (κ2) is 7.83. The maximum atomic E-state index is 12.7. The van der Waals surface area contributed by atoms with Gasteiger partial charge in [0.25, 0.3) is 5.91 Å². The summed E-state index contributed by atoms with van der Waals surface area (Å²) < 4.78 is 11.7. The highest BCUT2D eigenvalue weighted by Crippen LogP contribution is 2.37. The lowest BCUT2D eigenvalue weighted by molar-refractivity contribution is 0.0786. The van der Waals surface area contributed by atoms with Crippen molar-refractivity contribution in [3.05, 3.63) is 22.2 Å². The normalized spacial score (nSPS) is 17.6. The summed E-state index contributed by atoms with van der Waals surface area (Å²) >= 11 is 3.47. The zero-order chi connectivity index (χ0) is 16.1. The number of nitrogens with one attached hydrogen (secondary N) is 1. The zero-order valence-corrected chi connectivity index (χ0v) is 14.9. The first kappa shape index (κ1) is 17.1. The lowest BCUT2D eigenvalue weighted by atomic mass is 10.1. The van der Waals surface area contributed by atoms with Crippen LogP contribution in [0.4, 0.5) is 0 Å². The molecule has 0 saturated carbocycles. The van der Waals surface area contributed by atoms with Crippen molar-refractivity contribution in [1.29, 1.82) is 0 Å². The van der Waals surface area contributed by atoms with Gasteiger partial charge in [0.1, 0.15) is 0 Å². The quantitative estimate of drug-likeness (QED) is 0.835. The minimum absolute atomic E-state index is 0.0423. The number of halogens is 1. The van der Waals surface area contributed by atoms with Crippen LogP contribution in [-0.4, -0.2) is 51.2 Å². The molecule has 0 spiro atoms. The van der Waals surface area contributed by atoms with E-state index in [1.807, 2.05) is 18.9 Å². The summed E-state index contributed by atoms with van der Waals surface area (Å²) in [5.74, 6) is 1.78. The van der Waals surface area contributed by atoms with Gasteiger partial charge in [0.15, 0.2) is 11.5 Å². The molecule has 1 N–H and O–H groups in total. The first-order valence-corrected chi connectivity index (χ1v) is 8.34. The Morgan fingerprint density at radius 3 is 2.91 bits per heavy atom. The van der Waals surface area contributed by atoms with Crippen molar-refractivity contribution in [3.8, 4) is 11.5 Å². The standard InChI is InChI=1S/C16H23BrN2O3/c1-4-22-15-13(17)7-12(8-14(15)21-3)16(20)19-6-5-11(10-19)9-18-2/h7-8,11,18H,4-6,9-10H2,1-3H3. The Hall–Kier alpha value is -1.27. The van der Waals surface area contributed by atoms with Crippen molar-refractivity contribution >= 4 is 21.8 Å². The first-order chi connectivity index (χ1) is 10.6. The first-order valence-electron chi connectivity index (χ1n) is 7.54. The third-order valence-corrected chi connectivity index (χ3v) is 4.42. The minimum Gasteiger partial charge on any atom is -0.493 e. The average Bonchev–Trinajstić information content (AvgIpc) is 2.97. The van der Waals surface area contributed by atoms with Crippen molar-refractivity contribution in [1.82, 2.24) is 10.2 Å². The summed E-state index contributed by atoms with van der Waals surface area (Å²) in [4.78, 5) is 14.6. The van der Waals surface area contributed by atoms with E-state index in [0.29, 0.717) is 29.6 Å². The number of benzene rings is 1. The van der Waals surface area contributed by atoms with Crippen LogP contribution in [0.1, 0.15) is 23.7 Å². The number of likely N-dealkylation sites (tertiary alicyclic amines) is 1. The van der Waals surface area contributed by atoms with Gasteiger partial charge in [-0.15, -0.1) is 0 Å². The van der Waals surface area contributed by atoms with Gasteiger partial charge in [-0.25, -0.2) is 0 Å². The molecule has 1 aromatic carbocycles. The van der Waals surface area contributed by atoms with E-state index in [9.17, 15) is 4.79 Å². The molecule has 5 nitrogen and oxygen atoms in total. The molecular weight excluding hydrogens is 348 g/mol. The molecule has 1 unspecified atom stereocenters. The Bertz CT molecular complexity index is 536. The van der Waals surface area contributed by atoms with Gasteiger partial charge in [-0.05, 0) is 60.9 Å². The molecule has 0 radical (unpaired) electrons. The Morgan fingerprint density at radius 2 is 2.27 bits per heavy atom. The molecule has 122 valence electrons. The molecule has 0 bridgehead atoms. The van der Waals surface area contributed by atoms with E-state index in [2.05, 4.69) is 21.2 Å². The topological polar surface area (TPSA) is 50.8 Å². The summed E-state index contributed by atoms with van der Waals surface area (Å²) in [6, 6.07) is 3.56. The number of nitrogens with zero attached hydrogens (tertiary/aromatic N) is 1. The summed E-state index contributed by atoms with van der Waals surface area (Å²) in [6.07, 6.45) is 1.04. The molecular formula is C16H23BrN2O3. The number of ether oxygens (including phenoxy) is 2. The number of rotatable bonds is 6. The maximum Gasteiger partial charge on any atom is 0.254 e.